The van der Waals surface area contributed by atoms with E-state index in [1.54, 1.807) is 69.3 Å². The molecule has 0 aliphatic carbocycles. The van der Waals surface area contributed by atoms with Gasteiger partial charge in [0.2, 0.25) is 0 Å². The summed E-state index contributed by atoms with van der Waals surface area (Å²) in [6, 6.07) is 13.7. The summed E-state index contributed by atoms with van der Waals surface area (Å²) in [4.78, 5) is 44.5. The van der Waals surface area contributed by atoms with Gasteiger partial charge in [-0.2, -0.15) is 0 Å². The molecule has 3 aromatic carbocycles. The molecule has 0 saturated heterocycles. The van der Waals surface area contributed by atoms with Gasteiger partial charge in [0.25, 0.3) is 5.56 Å². The molecule has 14 heteroatoms. The summed E-state index contributed by atoms with van der Waals surface area (Å²) in [5, 5.41) is 0. The van der Waals surface area contributed by atoms with Crippen LogP contribution in [0.4, 0.5) is 4.39 Å². The first-order valence-electron chi connectivity index (χ1n) is 16.1. The molecule has 0 bridgehead atoms. The van der Waals surface area contributed by atoms with E-state index in [-0.39, 0.29) is 49.1 Å². The number of carbonyl (C=O) groups excluding carboxylic acids is 2. The number of ether oxygens (including phenoxy) is 6. The van der Waals surface area contributed by atoms with Crippen molar-refractivity contribution in [3.8, 4) is 23.0 Å². The van der Waals surface area contributed by atoms with Gasteiger partial charge >= 0.3 is 11.9 Å². The Morgan fingerprint density at radius 2 is 1.67 bits per heavy atom. The SMILES string of the molecule is CCOC(=O)C1=C(C)N=c2s/c(=C\c3cc(Br)c(OCc4ccc(F)cc4)c(OCC)c3)c(=O)n2[C@H]1c1ccc(OCC(=O)OC)c(OCC)c1. The molecule has 0 unspecified atom stereocenters. The minimum Gasteiger partial charge on any atom is -0.490 e. The highest BCUT2D eigenvalue weighted by Gasteiger charge is 2.34. The van der Waals surface area contributed by atoms with E-state index < -0.39 is 18.0 Å². The fourth-order valence-corrected chi connectivity index (χ4v) is 6.97. The number of hydrogen-bond donors (Lipinski definition) is 0. The van der Waals surface area contributed by atoms with Gasteiger partial charge in [-0.25, -0.2) is 19.0 Å². The maximum Gasteiger partial charge on any atom is 0.343 e. The summed E-state index contributed by atoms with van der Waals surface area (Å²) < 4.78 is 49.4. The van der Waals surface area contributed by atoms with Crippen molar-refractivity contribution in [2.24, 2.45) is 4.99 Å². The predicted molar refractivity (Wildman–Crippen MR) is 192 cm³/mol. The molecule has 1 aromatic heterocycles. The van der Waals surface area contributed by atoms with Crippen molar-refractivity contribution >= 4 is 45.3 Å². The molecule has 0 N–H and O–H groups in total. The summed E-state index contributed by atoms with van der Waals surface area (Å²) in [5.74, 6) is 0.000647. The molecule has 51 heavy (non-hydrogen) atoms. The van der Waals surface area contributed by atoms with E-state index in [1.807, 2.05) is 6.92 Å². The van der Waals surface area contributed by atoms with Crippen molar-refractivity contribution in [3.63, 3.8) is 0 Å². The molecular formula is C37H36BrFN2O9S. The molecule has 11 nitrogen and oxygen atoms in total. The number of benzene rings is 3. The molecule has 5 rings (SSSR count). The number of nitrogens with zero attached hydrogens (tertiary/aromatic N) is 2. The third-order valence-electron chi connectivity index (χ3n) is 7.60. The summed E-state index contributed by atoms with van der Waals surface area (Å²) in [6.07, 6.45) is 1.72. The van der Waals surface area contributed by atoms with Crippen LogP contribution in [-0.4, -0.2) is 50.0 Å². The van der Waals surface area contributed by atoms with Crippen LogP contribution >= 0.6 is 27.3 Å². The number of methoxy groups -OCH3 is 1. The van der Waals surface area contributed by atoms with Gasteiger partial charge in [0, 0.05) is 0 Å². The number of hydrogen-bond acceptors (Lipinski definition) is 11. The lowest BCUT2D eigenvalue weighted by molar-refractivity contribution is -0.143. The summed E-state index contributed by atoms with van der Waals surface area (Å²) in [5.41, 5.74) is 2.18. The normalized spacial score (nSPS) is 14.0. The molecule has 2 heterocycles. The summed E-state index contributed by atoms with van der Waals surface area (Å²) in [6.45, 7) is 7.67. The van der Waals surface area contributed by atoms with Crippen molar-refractivity contribution in [2.45, 2.75) is 40.3 Å². The van der Waals surface area contributed by atoms with Crippen LogP contribution in [0.25, 0.3) is 6.08 Å². The third-order valence-corrected chi connectivity index (χ3v) is 9.17. The number of aromatic nitrogens is 1. The Kier molecular flexibility index (Phi) is 12.3. The van der Waals surface area contributed by atoms with Crippen molar-refractivity contribution in [2.75, 3.05) is 33.5 Å². The van der Waals surface area contributed by atoms with E-state index in [1.165, 1.54) is 35.1 Å². The monoisotopic (exact) mass is 782 g/mol. The van der Waals surface area contributed by atoms with Gasteiger partial charge in [0.05, 0.1) is 53.2 Å². The molecule has 0 spiro atoms. The van der Waals surface area contributed by atoms with Crippen LogP contribution in [0.5, 0.6) is 23.0 Å². The number of halogens is 2. The van der Waals surface area contributed by atoms with Gasteiger partial charge in [-0.05, 0) is 103 Å². The van der Waals surface area contributed by atoms with E-state index in [0.29, 0.717) is 54.5 Å². The van der Waals surface area contributed by atoms with Gasteiger partial charge in [-0.1, -0.05) is 29.5 Å². The number of allylic oxidation sites excluding steroid dienone is 1. The molecule has 1 aliphatic rings. The first-order valence-corrected chi connectivity index (χ1v) is 17.7. The average Bonchev–Trinajstić information content (AvgIpc) is 3.41. The van der Waals surface area contributed by atoms with Crippen LogP contribution in [0.2, 0.25) is 0 Å². The molecule has 1 aliphatic heterocycles. The van der Waals surface area contributed by atoms with Crippen LogP contribution in [0.3, 0.4) is 0 Å². The van der Waals surface area contributed by atoms with Gasteiger partial charge in [0.1, 0.15) is 12.4 Å². The number of thiazole rings is 1. The zero-order chi connectivity index (χ0) is 36.7. The van der Waals surface area contributed by atoms with Crippen LogP contribution in [0.1, 0.15) is 50.4 Å². The maximum atomic E-state index is 14.3. The highest BCUT2D eigenvalue weighted by atomic mass is 79.9. The largest absolute Gasteiger partial charge is 0.490 e. The molecule has 0 fully saturated rings. The maximum absolute atomic E-state index is 14.3. The zero-order valence-corrected chi connectivity index (χ0v) is 31.0. The second-order valence-corrected chi connectivity index (χ2v) is 12.8. The Morgan fingerprint density at radius 3 is 2.35 bits per heavy atom. The predicted octanol–water partition coefficient (Wildman–Crippen LogP) is 5.63. The van der Waals surface area contributed by atoms with Crippen LogP contribution < -0.4 is 33.8 Å². The second kappa shape index (κ2) is 16.8. The third kappa shape index (κ3) is 8.51. The molecule has 0 amide bonds. The summed E-state index contributed by atoms with van der Waals surface area (Å²) in [7, 11) is 1.26. The van der Waals surface area contributed by atoms with Crippen LogP contribution in [-0.2, 0) is 25.7 Å². The fraction of sp³-hybridized carbons (Fsp3) is 0.297. The lowest BCUT2D eigenvalue weighted by Gasteiger charge is -2.25. The Bertz CT molecular complexity index is 2140. The molecule has 0 saturated carbocycles. The smallest absolute Gasteiger partial charge is 0.343 e. The lowest BCUT2D eigenvalue weighted by Crippen LogP contribution is -2.40. The van der Waals surface area contributed by atoms with E-state index in [4.69, 9.17) is 23.7 Å². The fourth-order valence-electron chi connectivity index (χ4n) is 5.35. The second-order valence-electron chi connectivity index (χ2n) is 11.0. The minimum absolute atomic E-state index is 0.123. The Balaban J connectivity index is 1.59. The number of esters is 2. The van der Waals surface area contributed by atoms with E-state index in [9.17, 15) is 18.8 Å². The number of carbonyl (C=O) groups is 2. The van der Waals surface area contributed by atoms with Crippen molar-refractivity contribution in [1.29, 1.82) is 0 Å². The Morgan fingerprint density at radius 1 is 0.941 bits per heavy atom. The van der Waals surface area contributed by atoms with Crippen molar-refractivity contribution < 1.29 is 42.4 Å². The van der Waals surface area contributed by atoms with Gasteiger partial charge in [0.15, 0.2) is 34.4 Å². The highest BCUT2D eigenvalue weighted by Crippen LogP contribution is 2.39. The Hall–Kier alpha value is -4.95. The van der Waals surface area contributed by atoms with Crippen LogP contribution in [0.15, 0.2) is 80.1 Å². The van der Waals surface area contributed by atoms with Gasteiger partial charge < -0.3 is 28.4 Å². The molecule has 268 valence electrons. The topological polar surface area (TPSA) is 124 Å². The highest BCUT2D eigenvalue weighted by molar-refractivity contribution is 9.10. The number of rotatable bonds is 14. The average molecular weight is 784 g/mol. The van der Waals surface area contributed by atoms with Crippen molar-refractivity contribution in [1.82, 2.24) is 4.57 Å². The summed E-state index contributed by atoms with van der Waals surface area (Å²) >= 11 is 4.76. The van der Waals surface area contributed by atoms with Gasteiger partial charge in [-0.3, -0.25) is 9.36 Å². The standard InChI is InChI=1S/C37H36BrFN2O9S/c1-6-46-28-18-24(11-14-27(28)49-20-31(42)45-5)33-32(36(44)48-8-3)21(4)40-37-41(33)35(43)30(51-37)17-23-15-26(38)34(29(16-23)47-7-2)50-19-22-9-12-25(39)13-10-22/h9-18,33H,6-8,19-20H2,1-5H3/b30-17-/t33-/m0/s1. The molecular weight excluding hydrogens is 747 g/mol. The Labute approximate surface area is 305 Å². The lowest BCUT2D eigenvalue weighted by atomic mass is 9.95. The first-order chi connectivity index (χ1) is 24.6. The van der Waals surface area contributed by atoms with Gasteiger partial charge in [-0.15, -0.1) is 0 Å². The van der Waals surface area contributed by atoms with E-state index >= 15 is 0 Å². The van der Waals surface area contributed by atoms with Crippen LogP contribution in [0, 0.1) is 5.82 Å². The molecule has 0 radical (unpaired) electrons. The van der Waals surface area contributed by atoms with E-state index in [0.717, 1.165) is 5.56 Å². The first kappa shape index (κ1) is 37.3. The van der Waals surface area contributed by atoms with Crippen molar-refractivity contribution in [3.05, 3.63) is 113 Å². The van der Waals surface area contributed by atoms with E-state index in [2.05, 4.69) is 25.7 Å². The number of fused-ring (bicyclic) bond motifs is 1. The molecule has 1 atom stereocenters. The minimum atomic E-state index is -0.913. The quantitative estimate of drug-likeness (QED) is 0.150. The molecule has 4 aromatic rings. The zero-order valence-electron chi connectivity index (χ0n) is 28.6.